The van der Waals surface area contributed by atoms with E-state index in [4.69, 9.17) is 5.26 Å². The van der Waals surface area contributed by atoms with E-state index in [1.165, 1.54) is 7.05 Å². The molecule has 86 valence electrons. The Hall–Kier alpha value is -2.35. The molecule has 5 nitrogen and oxygen atoms in total. The minimum absolute atomic E-state index is 0.287. The summed E-state index contributed by atoms with van der Waals surface area (Å²) in [5.41, 5.74) is 1.45. The molecule has 17 heavy (non-hydrogen) atoms. The number of carbonyl (C=O) groups excluding carboxylic acids is 2. The summed E-state index contributed by atoms with van der Waals surface area (Å²) < 4.78 is 0. The number of imide groups is 1. The molecular formula is C12H11N3O2. The van der Waals surface area contributed by atoms with Gasteiger partial charge in [0.05, 0.1) is 17.2 Å². The molecule has 2 rings (SSSR count). The summed E-state index contributed by atoms with van der Waals surface area (Å²) in [6.07, 6.45) is 0. The Balaban J connectivity index is 2.37. The van der Waals surface area contributed by atoms with Gasteiger partial charge in [-0.1, -0.05) is 0 Å². The normalized spacial score (nSPS) is 15.5. The summed E-state index contributed by atoms with van der Waals surface area (Å²) in [5, 5.41) is 11.6. The summed E-state index contributed by atoms with van der Waals surface area (Å²) in [6, 6.07) is 6.59. The molecule has 1 atom stereocenters. The van der Waals surface area contributed by atoms with E-state index in [1.807, 2.05) is 6.07 Å². The Morgan fingerprint density at radius 3 is 2.59 bits per heavy atom. The number of fused-ring (bicyclic) bond motifs is 1. The van der Waals surface area contributed by atoms with Gasteiger partial charge in [-0.2, -0.15) is 5.26 Å². The number of rotatable bonds is 2. The van der Waals surface area contributed by atoms with E-state index in [-0.39, 0.29) is 17.9 Å². The van der Waals surface area contributed by atoms with Crippen molar-refractivity contribution in [2.24, 2.45) is 0 Å². The molecule has 1 aromatic rings. The summed E-state index contributed by atoms with van der Waals surface area (Å²) >= 11 is 0. The molecule has 2 amide bonds. The molecule has 1 aromatic carbocycles. The van der Waals surface area contributed by atoms with Gasteiger partial charge in [-0.25, -0.2) is 0 Å². The minimum Gasteiger partial charge on any atom is -0.370 e. The van der Waals surface area contributed by atoms with Crippen LogP contribution in [0.5, 0.6) is 0 Å². The monoisotopic (exact) mass is 229 g/mol. The van der Waals surface area contributed by atoms with Crippen molar-refractivity contribution in [2.75, 3.05) is 12.4 Å². The van der Waals surface area contributed by atoms with Gasteiger partial charge in [-0.15, -0.1) is 0 Å². The molecule has 0 saturated carbocycles. The van der Waals surface area contributed by atoms with Crippen LogP contribution in [0.4, 0.5) is 5.69 Å². The molecule has 0 aromatic heterocycles. The zero-order chi connectivity index (χ0) is 12.6. The molecule has 1 unspecified atom stereocenters. The van der Waals surface area contributed by atoms with Gasteiger partial charge in [0.1, 0.15) is 6.04 Å². The fraction of sp³-hybridized carbons (Fsp3) is 0.250. The van der Waals surface area contributed by atoms with Crippen molar-refractivity contribution in [1.82, 2.24) is 4.90 Å². The van der Waals surface area contributed by atoms with Gasteiger partial charge < -0.3 is 5.32 Å². The zero-order valence-corrected chi connectivity index (χ0v) is 9.52. The quantitative estimate of drug-likeness (QED) is 0.774. The zero-order valence-electron chi connectivity index (χ0n) is 9.52. The number of nitrogens with zero attached hydrogens (tertiary/aromatic N) is 2. The molecule has 0 bridgehead atoms. The van der Waals surface area contributed by atoms with Crippen molar-refractivity contribution < 1.29 is 9.59 Å². The number of hydrogen-bond acceptors (Lipinski definition) is 4. The fourth-order valence-corrected chi connectivity index (χ4v) is 1.73. The lowest BCUT2D eigenvalue weighted by Crippen LogP contribution is -2.24. The maximum Gasteiger partial charge on any atom is 0.261 e. The molecule has 1 heterocycles. The van der Waals surface area contributed by atoms with Crippen LogP contribution in [0.25, 0.3) is 0 Å². The molecule has 0 saturated heterocycles. The average molecular weight is 229 g/mol. The number of carbonyl (C=O) groups is 2. The highest BCUT2D eigenvalue weighted by molar-refractivity contribution is 6.21. The van der Waals surface area contributed by atoms with Crippen LogP contribution in [-0.2, 0) is 0 Å². The van der Waals surface area contributed by atoms with Crippen LogP contribution >= 0.6 is 0 Å². The summed E-state index contributed by atoms with van der Waals surface area (Å²) in [7, 11) is 1.45. The molecule has 1 aliphatic rings. The molecule has 0 aliphatic carbocycles. The third-order valence-corrected chi connectivity index (χ3v) is 2.67. The van der Waals surface area contributed by atoms with Crippen molar-refractivity contribution in [2.45, 2.75) is 13.0 Å². The Labute approximate surface area is 98.6 Å². The maximum absolute atomic E-state index is 11.7. The van der Waals surface area contributed by atoms with Gasteiger partial charge in [-0.05, 0) is 25.1 Å². The third-order valence-electron chi connectivity index (χ3n) is 2.67. The van der Waals surface area contributed by atoms with E-state index in [0.29, 0.717) is 16.8 Å². The lowest BCUT2D eigenvalue weighted by Gasteiger charge is -2.08. The first-order valence-corrected chi connectivity index (χ1v) is 5.17. The van der Waals surface area contributed by atoms with Crippen LogP contribution in [-0.4, -0.2) is 29.8 Å². The lowest BCUT2D eigenvalue weighted by molar-refractivity contribution is 0.0693. The summed E-state index contributed by atoms with van der Waals surface area (Å²) in [5.74, 6) is -0.594. The number of nitrogens with one attached hydrogen (secondary N) is 1. The first-order valence-electron chi connectivity index (χ1n) is 5.17. The van der Waals surface area contributed by atoms with Crippen molar-refractivity contribution in [1.29, 1.82) is 5.26 Å². The third kappa shape index (κ3) is 1.74. The topological polar surface area (TPSA) is 73.2 Å². The lowest BCUT2D eigenvalue weighted by atomic mass is 10.1. The average Bonchev–Trinajstić information content (AvgIpc) is 2.54. The molecule has 0 fully saturated rings. The van der Waals surface area contributed by atoms with Gasteiger partial charge in [0, 0.05) is 12.7 Å². The molecule has 0 spiro atoms. The second-order valence-corrected chi connectivity index (χ2v) is 3.92. The highest BCUT2D eigenvalue weighted by Crippen LogP contribution is 2.24. The Kier molecular flexibility index (Phi) is 2.56. The van der Waals surface area contributed by atoms with Crippen LogP contribution in [0.1, 0.15) is 27.6 Å². The van der Waals surface area contributed by atoms with Crippen molar-refractivity contribution in [3.63, 3.8) is 0 Å². The van der Waals surface area contributed by atoms with Gasteiger partial charge in [0.2, 0.25) is 0 Å². The SMILES string of the molecule is CC(C#N)Nc1ccc2c(c1)C(=O)N(C)C2=O. The fourth-order valence-electron chi connectivity index (χ4n) is 1.73. The second-order valence-electron chi connectivity index (χ2n) is 3.92. The van der Waals surface area contributed by atoms with Crippen LogP contribution < -0.4 is 5.32 Å². The van der Waals surface area contributed by atoms with E-state index in [1.54, 1.807) is 25.1 Å². The largest absolute Gasteiger partial charge is 0.370 e. The van der Waals surface area contributed by atoms with E-state index < -0.39 is 0 Å². The van der Waals surface area contributed by atoms with Gasteiger partial charge in [0.15, 0.2) is 0 Å². The first kappa shape index (κ1) is 11.1. The number of hydrogen-bond donors (Lipinski definition) is 1. The van der Waals surface area contributed by atoms with Crippen LogP contribution in [0.2, 0.25) is 0 Å². The second kappa shape index (κ2) is 3.91. The van der Waals surface area contributed by atoms with Gasteiger partial charge in [-0.3, -0.25) is 14.5 Å². The van der Waals surface area contributed by atoms with Crippen LogP contribution in [0, 0.1) is 11.3 Å². The van der Waals surface area contributed by atoms with E-state index in [2.05, 4.69) is 5.32 Å². The Bertz CT molecular complexity index is 545. The van der Waals surface area contributed by atoms with Gasteiger partial charge >= 0.3 is 0 Å². The molecular weight excluding hydrogens is 218 g/mol. The van der Waals surface area contributed by atoms with Crippen molar-refractivity contribution in [3.05, 3.63) is 29.3 Å². The summed E-state index contributed by atoms with van der Waals surface area (Å²) in [4.78, 5) is 24.4. The van der Waals surface area contributed by atoms with E-state index in [0.717, 1.165) is 4.90 Å². The standard InChI is InChI=1S/C12H11N3O2/c1-7(6-13)14-8-3-4-9-10(5-8)12(17)15(2)11(9)16/h3-5,7,14H,1-2H3. The predicted octanol–water partition coefficient (Wildman–Crippen LogP) is 1.24. The molecule has 1 aliphatic heterocycles. The van der Waals surface area contributed by atoms with Crippen LogP contribution in [0.3, 0.4) is 0 Å². The van der Waals surface area contributed by atoms with Gasteiger partial charge in [0.25, 0.3) is 11.8 Å². The number of benzene rings is 1. The summed E-state index contributed by atoms with van der Waals surface area (Å²) in [6.45, 7) is 1.71. The predicted molar refractivity (Wildman–Crippen MR) is 61.6 cm³/mol. The highest BCUT2D eigenvalue weighted by atomic mass is 16.2. The Morgan fingerprint density at radius 2 is 1.94 bits per heavy atom. The maximum atomic E-state index is 11.7. The minimum atomic E-state index is -0.349. The van der Waals surface area contributed by atoms with E-state index >= 15 is 0 Å². The van der Waals surface area contributed by atoms with Crippen molar-refractivity contribution >= 4 is 17.5 Å². The van der Waals surface area contributed by atoms with E-state index in [9.17, 15) is 9.59 Å². The molecule has 1 N–H and O–H groups in total. The smallest absolute Gasteiger partial charge is 0.261 e. The van der Waals surface area contributed by atoms with Crippen molar-refractivity contribution in [3.8, 4) is 6.07 Å². The highest BCUT2D eigenvalue weighted by Gasteiger charge is 2.32. The number of amides is 2. The molecule has 5 heteroatoms. The van der Waals surface area contributed by atoms with Crippen LogP contribution in [0.15, 0.2) is 18.2 Å². The molecule has 0 radical (unpaired) electrons. The first-order chi connectivity index (χ1) is 8.04. The Morgan fingerprint density at radius 1 is 1.29 bits per heavy atom. The number of anilines is 1. The number of nitriles is 1.